The van der Waals surface area contributed by atoms with Crippen molar-refractivity contribution < 1.29 is 9.59 Å². The van der Waals surface area contributed by atoms with Crippen LogP contribution in [0, 0.1) is 6.92 Å². The van der Waals surface area contributed by atoms with Crippen molar-refractivity contribution in [1.29, 1.82) is 0 Å². The molecular weight excluding hydrogens is 388 g/mol. The minimum atomic E-state index is -0.360. The van der Waals surface area contributed by atoms with E-state index in [1.807, 2.05) is 42.5 Å². The molecule has 1 aromatic heterocycles. The SMILES string of the molecule is CC(=O)Nc1cccc(C(=O)N/N=C\c2c(-c3ccccc3)[nH]c3c(C)cccc23)c1. The highest BCUT2D eigenvalue weighted by atomic mass is 16.2. The van der Waals surface area contributed by atoms with Crippen LogP contribution in [0.4, 0.5) is 5.69 Å². The maximum absolute atomic E-state index is 12.5. The molecule has 6 heteroatoms. The summed E-state index contributed by atoms with van der Waals surface area (Å²) < 4.78 is 0. The average molecular weight is 410 g/mol. The summed E-state index contributed by atoms with van der Waals surface area (Å²) in [7, 11) is 0. The Bertz CT molecular complexity index is 1290. The van der Waals surface area contributed by atoms with E-state index in [9.17, 15) is 9.59 Å². The van der Waals surface area contributed by atoms with Crippen molar-refractivity contribution >= 4 is 34.6 Å². The van der Waals surface area contributed by atoms with E-state index in [-0.39, 0.29) is 11.8 Å². The van der Waals surface area contributed by atoms with Gasteiger partial charge in [0.05, 0.1) is 11.9 Å². The molecule has 0 aliphatic heterocycles. The number of aromatic nitrogens is 1. The zero-order valence-corrected chi connectivity index (χ0v) is 17.3. The minimum absolute atomic E-state index is 0.196. The van der Waals surface area contributed by atoms with Crippen LogP contribution in [0.1, 0.15) is 28.4 Å². The summed E-state index contributed by atoms with van der Waals surface area (Å²) in [5.74, 6) is -0.556. The largest absolute Gasteiger partial charge is 0.354 e. The third-order valence-corrected chi connectivity index (χ3v) is 4.95. The summed E-state index contributed by atoms with van der Waals surface area (Å²) in [5.41, 5.74) is 8.59. The lowest BCUT2D eigenvalue weighted by molar-refractivity contribution is -0.114. The highest BCUT2D eigenvalue weighted by Crippen LogP contribution is 2.30. The Labute approximate surface area is 180 Å². The summed E-state index contributed by atoms with van der Waals surface area (Å²) in [5, 5.41) is 7.91. The van der Waals surface area contributed by atoms with Gasteiger partial charge in [0.15, 0.2) is 0 Å². The van der Waals surface area contributed by atoms with Gasteiger partial charge in [0.1, 0.15) is 0 Å². The topological polar surface area (TPSA) is 86.3 Å². The summed E-state index contributed by atoms with van der Waals surface area (Å²) in [4.78, 5) is 27.3. The number of carbonyl (C=O) groups is 2. The smallest absolute Gasteiger partial charge is 0.271 e. The van der Waals surface area contributed by atoms with Crippen molar-refractivity contribution in [2.24, 2.45) is 5.10 Å². The average Bonchev–Trinajstić information content (AvgIpc) is 3.14. The number of nitrogens with zero attached hydrogens (tertiary/aromatic N) is 1. The third kappa shape index (κ3) is 4.38. The molecule has 6 nitrogen and oxygen atoms in total. The van der Waals surface area contributed by atoms with Gasteiger partial charge in [0, 0.05) is 34.6 Å². The second kappa shape index (κ2) is 8.67. The van der Waals surface area contributed by atoms with E-state index in [0.29, 0.717) is 11.3 Å². The van der Waals surface area contributed by atoms with Gasteiger partial charge in [-0.05, 0) is 36.2 Å². The van der Waals surface area contributed by atoms with Crippen molar-refractivity contribution in [3.63, 3.8) is 0 Å². The van der Waals surface area contributed by atoms with Crippen LogP contribution in [0.3, 0.4) is 0 Å². The van der Waals surface area contributed by atoms with Crippen LogP contribution in [0.5, 0.6) is 0 Å². The van der Waals surface area contributed by atoms with E-state index in [1.165, 1.54) is 6.92 Å². The molecule has 0 saturated heterocycles. The van der Waals surface area contributed by atoms with Gasteiger partial charge in [-0.2, -0.15) is 5.10 Å². The van der Waals surface area contributed by atoms with Gasteiger partial charge < -0.3 is 10.3 Å². The number of aryl methyl sites for hydroxylation is 1. The van der Waals surface area contributed by atoms with Gasteiger partial charge in [-0.3, -0.25) is 9.59 Å². The molecule has 0 bridgehead atoms. The van der Waals surface area contributed by atoms with Crippen LogP contribution in [0.25, 0.3) is 22.2 Å². The first-order valence-electron chi connectivity index (χ1n) is 9.90. The number of nitrogens with one attached hydrogen (secondary N) is 3. The van der Waals surface area contributed by atoms with Gasteiger partial charge in [0.25, 0.3) is 5.91 Å². The molecule has 0 fully saturated rings. The maximum atomic E-state index is 12.5. The fraction of sp³-hybridized carbons (Fsp3) is 0.0800. The molecule has 4 aromatic rings. The molecule has 3 N–H and O–H groups in total. The third-order valence-electron chi connectivity index (χ3n) is 4.95. The lowest BCUT2D eigenvalue weighted by atomic mass is 10.1. The maximum Gasteiger partial charge on any atom is 0.271 e. The standard InChI is InChI=1S/C25H22N4O2/c1-16-8-6-13-21-22(24(28-23(16)21)18-9-4-3-5-10-18)15-26-29-25(31)19-11-7-12-20(14-19)27-17(2)30/h3-15,28H,1-2H3,(H,27,30)(H,29,31)/b26-15-. The van der Waals surface area contributed by atoms with E-state index in [0.717, 1.165) is 33.3 Å². The van der Waals surface area contributed by atoms with Crippen LogP contribution in [0.15, 0.2) is 77.9 Å². The molecule has 0 aliphatic rings. The number of hydrogen-bond donors (Lipinski definition) is 3. The molecule has 0 radical (unpaired) electrons. The van der Waals surface area contributed by atoms with Crippen LogP contribution < -0.4 is 10.7 Å². The molecule has 154 valence electrons. The van der Waals surface area contributed by atoms with Gasteiger partial charge in [-0.15, -0.1) is 0 Å². The molecule has 0 unspecified atom stereocenters. The monoisotopic (exact) mass is 410 g/mol. The van der Waals surface area contributed by atoms with E-state index in [2.05, 4.69) is 33.8 Å². The zero-order valence-electron chi connectivity index (χ0n) is 17.3. The van der Waals surface area contributed by atoms with E-state index < -0.39 is 0 Å². The normalized spacial score (nSPS) is 11.0. The fourth-order valence-corrected chi connectivity index (χ4v) is 3.51. The highest BCUT2D eigenvalue weighted by Gasteiger charge is 2.13. The predicted octanol–water partition coefficient (Wildman–Crippen LogP) is 4.87. The summed E-state index contributed by atoms with van der Waals surface area (Å²) >= 11 is 0. The van der Waals surface area contributed by atoms with Gasteiger partial charge >= 0.3 is 0 Å². The summed E-state index contributed by atoms with van der Waals surface area (Å²) in [6.45, 7) is 3.47. The number of amides is 2. The van der Waals surface area contributed by atoms with Gasteiger partial charge in [-0.1, -0.05) is 54.6 Å². The van der Waals surface area contributed by atoms with Crippen molar-refractivity contribution in [3.8, 4) is 11.3 Å². The number of aromatic amines is 1. The van der Waals surface area contributed by atoms with Crippen LogP contribution >= 0.6 is 0 Å². The first-order chi connectivity index (χ1) is 15.0. The first-order valence-corrected chi connectivity index (χ1v) is 9.90. The van der Waals surface area contributed by atoms with Crippen LogP contribution in [-0.2, 0) is 4.79 Å². The molecule has 2 amide bonds. The van der Waals surface area contributed by atoms with Gasteiger partial charge in [-0.25, -0.2) is 5.43 Å². The Morgan fingerprint density at radius 3 is 2.52 bits per heavy atom. The lowest BCUT2D eigenvalue weighted by Gasteiger charge is -2.05. The molecule has 3 aromatic carbocycles. The Kier molecular flexibility index (Phi) is 5.62. The number of anilines is 1. The number of carbonyl (C=O) groups excluding carboxylic acids is 2. The van der Waals surface area contributed by atoms with Crippen molar-refractivity contribution in [3.05, 3.63) is 89.5 Å². The first kappa shape index (κ1) is 20.1. The van der Waals surface area contributed by atoms with Crippen molar-refractivity contribution in [2.45, 2.75) is 13.8 Å². The number of rotatable bonds is 5. The Hall–Kier alpha value is -4.19. The van der Waals surface area contributed by atoms with Crippen molar-refractivity contribution in [2.75, 3.05) is 5.32 Å². The number of H-pyrrole nitrogens is 1. The quantitative estimate of drug-likeness (QED) is 0.324. The fourth-order valence-electron chi connectivity index (χ4n) is 3.51. The van der Waals surface area contributed by atoms with Gasteiger partial charge in [0.2, 0.25) is 5.91 Å². The molecule has 4 rings (SSSR count). The molecule has 0 aliphatic carbocycles. The number of benzene rings is 3. The summed E-state index contributed by atoms with van der Waals surface area (Å²) in [6.07, 6.45) is 1.66. The lowest BCUT2D eigenvalue weighted by Crippen LogP contribution is -2.18. The van der Waals surface area contributed by atoms with Crippen LogP contribution in [-0.4, -0.2) is 23.0 Å². The number of fused-ring (bicyclic) bond motifs is 1. The predicted molar refractivity (Wildman–Crippen MR) is 124 cm³/mol. The Balaban J connectivity index is 1.63. The molecule has 1 heterocycles. The molecular formula is C25H22N4O2. The highest BCUT2D eigenvalue weighted by molar-refractivity contribution is 6.07. The van der Waals surface area contributed by atoms with Crippen LogP contribution in [0.2, 0.25) is 0 Å². The Morgan fingerprint density at radius 1 is 0.968 bits per heavy atom. The van der Waals surface area contributed by atoms with E-state index in [4.69, 9.17) is 0 Å². The number of para-hydroxylation sites is 1. The molecule has 0 spiro atoms. The zero-order chi connectivity index (χ0) is 21.8. The number of hydrogen-bond acceptors (Lipinski definition) is 3. The minimum Gasteiger partial charge on any atom is -0.354 e. The second-order valence-corrected chi connectivity index (χ2v) is 7.24. The second-order valence-electron chi connectivity index (χ2n) is 7.24. The molecule has 31 heavy (non-hydrogen) atoms. The Morgan fingerprint density at radius 2 is 1.74 bits per heavy atom. The van der Waals surface area contributed by atoms with E-state index >= 15 is 0 Å². The molecule has 0 saturated carbocycles. The number of hydrazone groups is 1. The summed E-state index contributed by atoms with van der Waals surface area (Å²) in [6, 6.07) is 22.8. The van der Waals surface area contributed by atoms with Crippen molar-refractivity contribution in [1.82, 2.24) is 10.4 Å². The molecule has 0 atom stereocenters. The van der Waals surface area contributed by atoms with E-state index in [1.54, 1.807) is 30.5 Å².